The van der Waals surface area contributed by atoms with Gasteiger partial charge in [-0.2, -0.15) is 23.7 Å². The smallest absolute Gasteiger partial charge is 0.309 e. The molecule has 2 aromatic heterocycles. The molecule has 52 heavy (non-hydrogen) atoms. The Kier molecular flexibility index (Phi) is 7.00. The average molecular weight is 679 g/mol. The Morgan fingerprint density at radius 3 is 1.73 bits per heavy atom. The van der Waals surface area contributed by atoms with Crippen LogP contribution in [0.25, 0.3) is 77.2 Å². The van der Waals surface area contributed by atoms with Crippen LogP contribution in [0.4, 0.5) is 13.2 Å². The summed E-state index contributed by atoms with van der Waals surface area (Å²) in [5, 5.41) is 24.2. The molecule has 246 valence electrons. The molecule has 0 amide bonds. The zero-order valence-corrected chi connectivity index (χ0v) is 27.4. The maximum absolute atomic E-state index is 13.6. The fourth-order valence-corrected chi connectivity index (χ4v) is 7.50. The number of nitriles is 2. The number of benzene rings is 7. The molecule has 0 fully saturated rings. The van der Waals surface area contributed by atoms with Gasteiger partial charge in [0.2, 0.25) is 0 Å². The molecular weight excluding hydrogens is 654 g/mol. The van der Waals surface area contributed by atoms with Gasteiger partial charge < -0.3 is 9.13 Å². The van der Waals surface area contributed by atoms with E-state index >= 15 is 0 Å². The highest BCUT2D eigenvalue weighted by Crippen LogP contribution is 2.41. The molecule has 0 aliphatic rings. The van der Waals surface area contributed by atoms with E-state index in [0.717, 1.165) is 61.8 Å². The zero-order chi connectivity index (χ0) is 35.6. The number of alkyl halides is 3. The third kappa shape index (κ3) is 4.83. The van der Waals surface area contributed by atoms with Crippen molar-refractivity contribution in [2.24, 2.45) is 0 Å². The van der Waals surface area contributed by atoms with Crippen molar-refractivity contribution in [3.63, 3.8) is 0 Å². The second-order valence-electron chi connectivity index (χ2n) is 12.7. The van der Waals surface area contributed by atoms with Gasteiger partial charge in [-0.15, -0.1) is 0 Å². The topological polar surface area (TPSA) is 57.4 Å². The standard InChI is InChI=1S/C45H25F3N4/c46-45(47,48)32-18-19-34(31(23-32)27-50)38-22-28(26-49)16-20-43(38)52-42-15-6-3-12-37(42)39-25-30(17-21-44(39)52)29-8-7-9-33(24-29)51-40-13-4-1-10-35(40)36-11-2-5-14-41(36)51/h1-25H. The maximum Gasteiger partial charge on any atom is 0.416 e. The number of para-hydroxylation sites is 3. The van der Waals surface area contributed by atoms with Gasteiger partial charge in [0.1, 0.15) is 0 Å². The van der Waals surface area contributed by atoms with Gasteiger partial charge in [-0.1, -0.05) is 78.9 Å². The first-order chi connectivity index (χ1) is 25.3. The monoisotopic (exact) mass is 678 g/mol. The molecule has 7 aromatic carbocycles. The van der Waals surface area contributed by atoms with Gasteiger partial charge in [0.15, 0.2) is 0 Å². The first-order valence-corrected chi connectivity index (χ1v) is 16.6. The van der Waals surface area contributed by atoms with E-state index in [0.29, 0.717) is 22.4 Å². The third-order valence-electron chi connectivity index (χ3n) is 9.81. The Morgan fingerprint density at radius 1 is 0.462 bits per heavy atom. The van der Waals surface area contributed by atoms with E-state index in [2.05, 4.69) is 112 Å². The molecule has 0 spiro atoms. The minimum absolute atomic E-state index is 0.127. The van der Waals surface area contributed by atoms with E-state index < -0.39 is 11.7 Å². The molecule has 7 heteroatoms. The molecule has 0 radical (unpaired) electrons. The fraction of sp³-hybridized carbons (Fsp3) is 0.0222. The number of aromatic nitrogens is 2. The second kappa shape index (κ2) is 11.8. The normalized spacial score (nSPS) is 11.7. The molecule has 0 saturated heterocycles. The molecule has 0 aliphatic carbocycles. The highest BCUT2D eigenvalue weighted by atomic mass is 19.4. The second-order valence-corrected chi connectivity index (χ2v) is 12.7. The molecule has 0 bridgehead atoms. The van der Waals surface area contributed by atoms with Crippen LogP contribution in [0.2, 0.25) is 0 Å². The average Bonchev–Trinajstić information content (AvgIpc) is 3.70. The Labute approximate surface area is 296 Å². The summed E-state index contributed by atoms with van der Waals surface area (Å²) < 4.78 is 45.2. The van der Waals surface area contributed by atoms with Gasteiger partial charge >= 0.3 is 6.18 Å². The van der Waals surface area contributed by atoms with Gasteiger partial charge in [0.05, 0.1) is 56.6 Å². The minimum Gasteiger partial charge on any atom is -0.309 e. The summed E-state index contributed by atoms with van der Waals surface area (Å²) in [4.78, 5) is 0. The van der Waals surface area contributed by atoms with Gasteiger partial charge in [-0.05, 0) is 83.9 Å². The van der Waals surface area contributed by atoms with Crippen molar-refractivity contribution in [3.05, 3.63) is 168 Å². The van der Waals surface area contributed by atoms with Crippen molar-refractivity contribution in [1.82, 2.24) is 9.13 Å². The van der Waals surface area contributed by atoms with Crippen LogP contribution in [-0.4, -0.2) is 9.13 Å². The van der Waals surface area contributed by atoms with Crippen molar-refractivity contribution in [3.8, 4) is 45.8 Å². The number of hydrogen-bond acceptors (Lipinski definition) is 2. The lowest BCUT2D eigenvalue weighted by atomic mass is 9.95. The lowest BCUT2D eigenvalue weighted by molar-refractivity contribution is -0.137. The third-order valence-corrected chi connectivity index (χ3v) is 9.81. The van der Waals surface area contributed by atoms with E-state index in [-0.39, 0.29) is 5.56 Å². The van der Waals surface area contributed by atoms with Gasteiger partial charge in [-0.25, -0.2) is 0 Å². The molecular formula is C45H25F3N4. The highest BCUT2D eigenvalue weighted by Gasteiger charge is 2.31. The predicted octanol–water partition coefficient (Wildman–Crippen LogP) is 12.0. The van der Waals surface area contributed by atoms with Crippen molar-refractivity contribution >= 4 is 43.6 Å². The number of fused-ring (bicyclic) bond motifs is 6. The van der Waals surface area contributed by atoms with Crippen molar-refractivity contribution in [2.45, 2.75) is 6.18 Å². The van der Waals surface area contributed by atoms with Gasteiger partial charge in [0, 0.05) is 38.4 Å². The highest BCUT2D eigenvalue weighted by molar-refractivity contribution is 6.11. The largest absolute Gasteiger partial charge is 0.416 e. The Morgan fingerprint density at radius 2 is 1.08 bits per heavy atom. The minimum atomic E-state index is -4.60. The quantitative estimate of drug-likeness (QED) is 0.186. The van der Waals surface area contributed by atoms with E-state index in [9.17, 15) is 23.7 Å². The molecule has 0 N–H and O–H groups in total. The summed E-state index contributed by atoms with van der Waals surface area (Å²) in [7, 11) is 0. The Bertz CT molecular complexity index is 2930. The lowest BCUT2D eigenvalue weighted by Crippen LogP contribution is -2.06. The zero-order valence-electron chi connectivity index (χ0n) is 27.4. The summed E-state index contributed by atoms with van der Waals surface area (Å²) in [5.74, 6) is 0. The summed E-state index contributed by atoms with van der Waals surface area (Å²) in [6.07, 6.45) is -4.60. The summed E-state index contributed by atoms with van der Waals surface area (Å²) in [5.41, 5.74) is 7.85. The van der Waals surface area contributed by atoms with E-state index in [4.69, 9.17) is 0 Å². The molecule has 0 aliphatic heterocycles. The summed E-state index contributed by atoms with van der Waals surface area (Å²) in [6.45, 7) is 0. The number of rotatable bonds is 4. The SMILES string of the molecule is N#Cc1ccc(-n2c3ccccc3c3cc(-c4cccc(-n5c6ccccc6c6ccccc65)c4)ccc32)c(-c2ccc(C(F)(F)F)cc2C#N)c1. The van der Waals surface area contributed by atoms with Crippen LogP contribution in [0, 0.1) is 22.7 Å². The first-order valence-electron chi connectivity index (χ1n) is 16.6. The molecule has 9 rings (SSSR count). The van der Waals surface area contributed by atoms with Gasteiger partial charge in [0.25, 0.3) is 0 Å². The van der Waals surface area contributed by atoms with Crippen molar-refractivity contribution in [1.29, 1.82) is 10.5 Å². The van der Waals surface area contributed by atoms with Crippen LogP contribution in [0.15, 0.2) is 152 Å². The summed E-state index contributed by atoms with van der Waals surface area (Å²) in [6, 6.07) is 52.0. The Hall–Kier alpha value is -7.09. The first kappa shape index (κ1) is 30.9. The van der Waals surface area contributed by atoms with Crippen LogP contribution in [0.3, 0.4) is 0 Å². The van der Waals surface area contributed by atoms with E-state index in [1.807, 2.05) is 24.3 Å². The van der Waals surface area contributed by atoms with Crippen molar-refractivity contribution in [2.75, 3.05) is 0 Å². The summed E-state index contributed by atoms with van der Waals surface area (Å²) >= 11 is 0. The van der Waals surface area contributed by atoms with Crippen LogP contribution in [0.1, 0.15) is 16.7 Å². The number of nitrogens with zero attached hydrogens (tertiary/aromatic N) is 4. The number of halogens is 3. The molecule has 4 nitrogen and oxygen atoms in total. The predicted molar refractivity (Wildman–Crippen MR) is 200 cm³/mol. The van der Waals surface area contributed by atoms with Crippen LogP contribution in [-0.2, 0) is 6.18 Å². The van der Waals surface area contributed by atoms with E-state index in [1.54, 1.807) is 18.2 Å². The lowest BCUT2D eigenvalue weighted by Gasteiger charge is -2.16. The van der Waals surface area contributed by atoms with E-state index in [1.165, 1.54) is 16.8 Å². The van der Waals surface area contributed by atoms with Crippen LogP contribution >= 0.6 is 0 Å². The molecule has 0 saturated carbocycles. The van der Waals surface area contributed by atoms with Crippen LogP contribution < -0.4 is 0 Å². The molecule has 0 atom stereocenters. The van der Waals surface area contributed by atoms with Crippen LogP contribution in [0.5, 0.6) is 0 Å². The Balaban J connectivity index is 1.24. The number of hydrogen-bond donors (Lipinski definition) is 0. The molecule has 0 unspecified atom stereocenters. The maximum atomic E-state index is 13.6. The van der Waals surface area contributed by atoms with Gasteiger partial charge in [-0.3, -0.25) is 0 Å². The van der Waals surface area contributed by atoms with Crippen molar-refractivity contribution < 1.29 is 13.2 Å². The molecule has 9 aromatic rings. The fourth-order valence-electron chi connectivity index (χ4n) is 7.50. The molecule has 2 heterocycles.